The number of hydrogen-bond acceptors (Lipinski definition) is 3. The molecule has 0 aromatic carbocycles. The van der Waals surface area contributed by atoms with E-state index in [0.717, 1.165) is 22.3 Å². The second-order valence-electron chi connectivity index (χ2n) is 3.38. The molecule has 0 radical (unpaired) electrons. The van der Waals surface area contributed by atoms with E-state index in [0.29, 0.717) is 0 Å². The van der Waals surface area contributed by atoms with Gasteiger partial charge in [0.2, 0.25) is 5.91 Å². The molecular weight excluding hydrogens is 208 g/mol. The van der Waals surface area contributed by atoms with Crippen molar-refractivity contribution >= 4 is 33.1 Å². The molecule has 2 heterocycles. The third kappa shape index (κ3) is 1.99. The molecule has 0 fully saturated rings. The molecule has 3 nitrogen and oxygen atoms in total. The Kier molecular flexibility index (Phi) is 2.68. The standard InChI is InChI=1S/C11H12N2OS/c1-3-8-4-9-10(13-7(2)14)6-15-11(9)12-5-8/h4-6H,3H2,1-2H3,(H,13,14). The predicted octanol–water partition coefficient (Wildman–Crippen LogP) is 2.82. The summed E-state index contributed by atoms with van der Waals surface area (Å²) in [4.78, 5) is 16.3. The van der Waals surface area contributed by atoms with Gasteiger partial charge in [-0.1, -0.05) is 6.92 Å². The van der Waals surface area contributed by atoms with Crippen molar-refractivity contribution in [1.82, 2.24) is 4.98 Å². The van der Waals surface area contributed by atoms with Crippen molar-refractivity contribution in [2.24, 2.45) is 0 Å². The van der Waals surface area contributed by atoms with E-state index >= 15 is 0 Å². The quantitative estimate of drug-likeness (QED) is 0.845. The number of carbonyl (C=O) groups excluding carboxylic acids is 1. The molecule has 2 aromatic heterocycles. The minimum absolute atomic E-state index is 0.0448. The smallest absolute Gasteiger partial charge is 0.221 e. The normalized spacial score (nSPS) is 10.5. The first-order valence-electron chi connectivity index (χ1n) is 4.84. The monoisotopic (exact) mass is 220 g/mol. The summed E-state index contributed by atoms with van der Waals surface area (Å²) in [5.74, 6) is -0.0448. The number of aromatic nitrogens is 1. The SMILES string of the molecule is CCc1cnc2scc(NC(C)=O)c2c1. The molecule has 0 saturated heterocycles. The topological polar surface area (TPSA) is 42.0 Å². The number of nitrogens with one attached hydrogen (secondary N) is 1. The molecule has 0 unspecified atom stereocenters. The van der Waals surface area contributed by atoms with E-state index in [2.05, 4.69) is 23.3 Å². The van der Waals surface area contributed by atoms with Crippen LogP contribution >= 0.6 is 11.3 Å². The van der Waals surface area contributed by atoms with Crippen molar-refractivity contribution in [3.8, 4) is 0 Å². The van der Waals surface area contributed by atoms with Crippen molar-refractivity contribution < 1.29 is 4.79 Å². The number of amides is 1. The van der Waals surface area contributed by atoms with Crippen LogP contribution in [0.4, 0.5) is 5.69 Å². The molecule has 78 valence electrons. The Bertz CT molecular complexity index is 504. The minimum atomic E-state index is -0.0448. The fraction of sp³-hybridized carbons (Fsp3) is 0.273. The summed E-state index contributed by atoms with van der Waals surface area (Å²) in [6.45, 7) is 3.61. The van der Waals surface area contributed by atoms with Gasteiger partial charge in [-0.25, -0.2) is 4.98 Å². The van der Waals surface area contributed by atoms with Crippen molar-refractivity contribution in [2.45, 2.75) is 20.3 Å². The molecule has 15 heavy (non-hydrogen) atoms. The summed E-state index contributed by atoms with van der Waals surface area (Å²) in [5, 5.41) is 5.78. The Labute approximate surface area is 92.1 Å². The van der Waals surface area contributed by atoms with Crippen molar-refractivity contribution in [1.29, 1.82) is 0 Å². The molecule has 0 atom stereocenters. The highest BCUT2D eigenvalue weighted by Crippen LogP contribution is 2.29. The molecule has 0 aliphatic carbocycles. The van der Waals surface area contributed by atoms with Crippen LogP contribution < -0.4 is 5.32 Å². The molecule has 0 bridgehead atoms. The Morgan fingerprint density at radius 1 is 1.60 bits per heavy atom. The third-order valence-corrected chi connectivity index (χ3v) is 3.11. The Hall–Kier alpha value is -1.42. The number of hydrogen-bond donors (Lipinski definition) is 1. The second kappa shape index (κ2) is 3.98. The summed E-state index contributed by atoms with van der Waals surface area (Å²) in [7, 11) is 0. The zero-order valence-electron chi connectivity index (χ0n) is 8.70. The highest BCUT2D eigenvalue weighted by Gasteiger charge is 2.06. The lowest BCUT2D eigenvalue weighted by Gasteiger charge is -2.00. The van der Waals surface area contributed by atoms with Crippen LogP contribution in [0.2, 0.25) is 0 Å². The number of rotatable bonds is 2. The number of fused-ring (bicyclic) bond motifs is 1. The minimum Gasteiger partial charge on any atom is -0.325 e. The molecule has 4 heteroatoms. The Morgan fingerprint density at radius 2 is 2.40 bits per heavy atom. The van der Waals surface area contributed by atoms with Crippen LogP contribution in [0.25, 0.3) is 10.2 Å². The second-order valence-corrected chi connectivity index (χ2v) is 4.24. The molecule has 1 N–H and O–H groups in total. The van der Waals surface area contributed by atoms with Crippen LogP contribution in [0.5, 0.6) is 0 Å². The van der Waals surface area contributed by atoms with Gasteiger partial charge in [0.25, 0.3) is 0 Å². The average Bonchev–Trinajstić information content (AvgIpc) is 2.60. The third-order valence-electron chi connectivity index (χ3n) is 2.21. The summed E-state index contributed by atoms with van der Waals surface area (Å²) < 4.78 is 0. The lowest BCUT2D eigenvalue weighted by molar-refractivity contribution is -0.114. The van der Waals surface area contributed by atoms with E-state index in [1.807, 2.05) is 11.6 Å². The van der Waals surface area contributed by atoms with E-state index in [-0.39, 0.29) is 5.91 Å². The summed E-state index contributed by atoms with van der Waals surface area (Å²) in [5.41, 5.74) is 2.05. The first kappa shape index (κ1) is 10.1. The summed E-state index contributed by atoms with van der Waals surface area (Å²) >= 11 is 1.55. The first-order valence-corrected chi connectivity index (χ1v) is 5.72. The van der Waals surface area contributed by atoms with E-state index in [4.69, 9.17) is 0 Å². The maximum atomic E-state index is 11.0. The van der Waals surface area contributed by atoms with Crippen molar-refractivity contribution in [3.63, 3.8) is 0 Å². The summed E-state index contributed by atoms with van der Waals surface area (Å²) in [6.07, 6.45) is 2.84. The Morgan fingerprint density at radius 3 is 3.07 bits per heavy atom. The van der Waals surface area contributed by atoms with Gasteiger partial charge in [-0.05, 0) is 18.1 Å². The van der Waals surface area contributed by atoms with Crippen LogP contribution in [-0.2, 0) is 11.2 Å². The van der Waals surface area contributed by atoms with E-state index in [1.165, 1.54) is 12.5 Å². The van der Waals surface area contributed by atoms with E-state index in [9.17, 15) is 4.79 Å². The van der Waals surface area contributed by atoms with Crippen LogP contribution in [-0.4, -0.2) is 10.9 Å². The maximum absolute atomic E-state index is 11.0. The van der Waals surface area contributed by atoms with Crippen molar-refractivity contribution in [2.75, 3.05) is 5.32 Å². The van der Waals surface area contributed by atoms with Crippen molar-refractivity contribution in [3.05, 3.63) is 23.2 Å². The molecule has 0 spiro atoms. The van der Waals surface area contributed by atoms with Gasteiger partial charge in [-0.3, -0.25) is 4.79 Å². The molecule has 0 aliphatic heterocycles. The fourth-order valence-corrected chi connectivity index (χ4v) is 2.27. The molecule has 0 aliphatic rings. The molecule has 2 aromatic rings. The van der Waals surface area contributed by atoms with Gasteiger partial charge < -0.3 is 5.32 Å². The number of nitrogens with zero attached hydrogens (tertiary/aromatic N) is 1. The molecule has 0 saturated carbocycles. The number of carbonyl (C=O) groups is 1. The lowest BCUT2D eigenvalue weighted by Crippen LogP contribution is -2.04. The lowest BCUT2D eigenvalue weighted by atomic mass is 10.2. The van der Waals surface area contributed by atoms with Gasteiger partial charge >= 0.3 is 0 Å². The fourth-order valence-electron chi connectivity index (χ4n) is 1.44. The van der Waals surface area contributed by atoms with Gasteiger partial charge in [0.05, 0.1) is 5.69 Å². The average molecular weight is 220 g/mol. The highest BCUT2D eigenvalue weighted by atomic mass is 32.1. The predicted molar refractivity (Wildman–Crippen MR) is 63.3 cm³/mol. The number of anilines is 1. The highest BCUT2D eigenvalue weighted by molar-refractivity contribution is 7.17. The van der Waals surface area contributed by atoms with Gasteiger partial charge in [0.15, 0.2) is 0 Å². The molecule has 1 amide bonds. The number of pyridine rings is 1. The van der Waals surface area contributed by atoms with Gasteiger partial charge in [0.1, 0.15) is 4.83 Å². The largest absolute Gasteiger partial charge is 0.325 e. The van der Waals surface area contributed by atoms with Crippen LogP contribution in [0.3, 0.4) is 0 Å². The maximum Gasteiger partial charge on any atom is 0.221 e. The van der Waals surface area contributed by atoms with Crippen LogP contribution in [0, 0.1) is 0 Å². The summed E-state index contributed by atoms with van der Waals surface area (Å²) in [6, 6.07) is 2.09. The van der Waals surface area contributed by atoms with E-state index in [1.54, 1.807) is 11.3 Å². The zero-order valence-corrected chi connectivity index (χ0v) is 9.52. The van der Waals surface area contributed by atoms with Crippen LogP contribution in [0.15, 0.2) is 17.6 Å². The van der Waals surface area contributed by atoms with Crippen LogP contribution in [0.1, 0.15) is 19.4 Å². The van der Waals surface area contributed by atoms with Gasteiger partial charge in [0, 0.05) is 23.9 Å². The van der Waals surface area contributed by atoms with E-state index < -0.39 is 0 Å². The first-order chi connectivity index (χ1) is 7.20. The number of aryl methyl sites for hydroxylation is 1. The van der Waals surface area contributed by atoms with Gasteiger partial charge in [-0.15, -0.1) is 11.3 Å². The number of thiophene rings is 1. The zero-order chi connectivity index (χ0) is 10.8. The van der Waals surface area contributed by atoms with Gasteiger partial charge in [-0.2, -0.15) is 0 Å². The molecular formula is C11H12N2OS. The Balaban J connectivity index is 2.51. The molecule has 2 rings (SSSR count).